The van der Waals surface area contributed by atoms with Crippen molar-refractivity contribution in [3.05, 3.63) is 99.5 Å². The van der Waals surface area contributed by atoms with E-state index < -0.39 is 11.6 Å². The molecular weight excluding hydrogens is 523 g/mol. The zero-order chi connectivity index (χ0) is 27.0. The van der Waals surface area contributed by atoms with Crippen LogP contribution in [0.15, 0.2) is 77.7 Å². The molecule has 0 aliphatic rings. The lowest BCUT2D eigenvalue weighted by molar-refractivity contribution is -0.141. The fourth-order valence-corrected chi connectivity index (χ4v) is 5.18. The SMILES string of the molecule is Cc1ccc(SCCC(=O)N(Cc2ccc(Cl)cc2Cl)C(Cc2ccccc2)C(=O)NC(C)(C)C)cc1. The van der Waals surface area contributed by atoms with Gasteiger partial charge in [-0.2, -0.15) is 0 Å². The number of aryl methyl sites for hydroxylation is 1. The van der Waals surface area contributed by atoms with Gasteiger partial charge < -0.3 is 10.2 Å². The van der Waals surface area contributed by atoms with Crippen LogP contribution in [0.2, 0.25) is 10.0 Å². The standard InChI is InChI=1S/C30H34Cl2N2O2S/c1-21-10-14-25(15-11-21)37-17-16-28(35)34(20-23-12-13-24(31)19-26(23)32)27(29(36)33-30(2,3)4)18-22-8-6-5-7-9-22/h5-15,19,27H,16-18,20H2,1-4H3,(H,33,36). The molecule has 1 unspecified atom stereocenters. The topological polar surface area (TPSA) is 49.4 Å². The number of amides is 2. The summed E-state index contributed by atoms with van der Waals surface area (Å²) >= 11 is 14.2. The molecule has 1 atom stereocenters. The van der Waals surface area contributed by atoms with Gasteiger partial charge in [-0.1, -0.05) is 77.3 Å². The lowest BCUT2D eigenvalue weighted by Gasteiger charge is -2.34. The van der Waals surface area contributed by atoms with Crippen molar-refractivity contribution in [1.29, 1.82) is 0 Å². The molecule has 0 spiro atoms. The lowest BCUT2D eigenvalue weighted by Crippen LogP contribution is -2.54. The average Bonchev–Trinajstić information content (AvgIpc) is 2.83. The van der Waals surface area contributed by atoms with Crippen molar-refractivity contribution >= 4 is 46.8 Å². The van der Waals surface area contributed by atoms with Crippen LogP contribution in [0.3, 0.4) is 0 Å². The van der Waals surface area contributed by atoms with Crippen LogP contribution in [0, 0.1) is 6.92 Å². The minimum Gasteiger partial charge on any atom is -0.350 e. The second kappa shape index (κ2) is 13.4. The van der Waals surface area contributed by atoms with Crippen molar-refractivity contribution in [2.24, 2.45) is 0 Å². The highest BCUT2D eigenvalue weighted by Gasteiger charge is 2.32. The van der Waals surface area contributed by atoms with E-state index in [0.29, 0.717) is 22.2 Å². The minimum atomic E-state index is -0.703. The molecule has 196 valence electrons. The Morgan fingerprint density at radius 1 is 0.973 bits per heavy atom. The molecule has 7 heteroatoms. The van der Waals surface area contributed by atoms with Gasteiger partial charge in [0.05, 0.1) is 0 Å². The third-order valence-electron chi connectivity index (χ3n) is 5.73. The van der Waals surface area contributed by atoms with Gasteiger partial charge >= 0.3 is 0 Å². The summed E-state index contributed by atoms with van der Waals surface area (Å²) in [4.78, 5) is 30.1. The number of carbonyl (C=O) groups excluding carboxylic acids is 2. The maximum atomic E-state index is 13.7. The largest absolute Gasteiger partial charge is 0.350 e. The number of hydrogen-bond acceptors (Lipinski definition) is 3. The zero-order valence-corrected chi connectivity index (χ0v) is 24.1. The van der Waals surface area contributed by atoms with Gasteiger partial charge in [-0.25, -0.2) is 0 Å². The maximum absolute atomic E-state index is 13.7. The molecule has 0 fully saturated rings. The molecule has 0 heterocycles. The highest BCUT2D eigenvalue weighted by Crippen LogP contribution is 2.26. The number of nitrogens with one attached hydrogen (secondary N) is 1. The van der Waals surface area contributed by atoms with Crippen LogP contribution in [-0.2, 0) is 22.6 Å². The molecule has 4 nitrogen and oxygen atoms in total. The molecule has 37 heavy (non-hydrogen) atoms. The summed E-state index contributed by atoms with van der Waals surface area (Å²) in [7, 11) is 0. The first-order valence-electron chi connectivity index (χ1n) is 12.3. The van der Waals surface area contributed by atoms with E-state index >= 15 is 0 Å². The van der Waals surface area contributed by atoms with Gasteiger partial charge in [0.1, 0.15) is 6.04 Å². The predicted molar refractivity (Wildman–Crippen MR) is 155 cm³/mol. The van der Waals surface area contributed by atoms with Gasteiger partial charge in [-0.3, -0.25) is 9.59 Å². The minimum absolute atomic E-state index is 0.101. The number of benzene rings is 3. The summed E-state index contributed by atoms with van der Waals surface area (Å²) in [5.74, 6) is 0.308. The molecule has 0 saturated heterocycles. The van der Waals surface area contributed by atoms with Gasteiger partial charge in [0.15, 0.2) is 0 Å². The normalized spacial score (nSPS) is 12.2. The first-order valence-corrected chi connectivity index (χ1v) is 14.0. The highest BCUT2D eigenvalue weighted by molar-refractivity contribution is 7.99. The van der Waals surface area contributed by atoms with Crippen molar-refractivity contribution < 1.29 is 9.59 Å². The fourth-order valence-electron chi connectivity index (χ4n) is 3.87. The van der Waals surface area contributed by atoms with E-state index in [0.717, 1.165) is 16.0 Å². The van der Waals surface area contributed by atoms with Crippen LogP contribution in [-0.4, -0.2) is 34.0 Å². The Balaban J connectivity index is 1.89. The van der Waals surface area contributed by atoms with Crippen molar-refractivity contribution in [2.75, 3.05) is 5.75 Å². The van der Waals surface area contributed by atoms with Gasteiger partial charge in [0.25, 0.3) is 0 Å². The molecule has 0 bridgehead atoms. The number of rotatable bonds is 10. The summed E-state index contributed by atoms with van der Waals surface area (Å²) < 4.78 is 0. The van der Waals surface area contributed by atoms with E-state index in [2.05, 4.69) is 29.6 Å². The number of nitrogens with zero attached hydrogens (tertiary/aromatic N) is 1. The Morgan fingerprint density at radius 2 is 1.65 bits per heavy atom. The van der Waals surface area contributed by atoms with E-state index in [9.17, 15) is 9.59 Å². The van der Waals surface area contributed by atoms with Crippen molar-refractivity contribution in [2.45, 2.75) is 63.6 Å². The molecular formula is C30H34Cl2N2O2S. The van der Waals surface area contributed by atoms with Gasteiger partial charge in [0, 0.05) is 45.6 Å². The molecule has 2 amide bonds. The first-order chi connectivity index (χ1) is 17.5. The molecule has 1 N–H and O–H groups in total. The second-order valence-corrected chi connectivity index (χ2v) is 12.1. The number of halogens is 2. The van der Waals surface area contributed by atoms with Crippen LogP contribution in [0.5, 0.6) is 0 Å². The Labute approximate surface area is 234 Å². The Hall–Kier alpha value is -2.47. The summed E-state index contributed by atoms with van der Waals surface area (Å²) in [5.41, 5.74) is 2.47. The van der Waals surface area contributed by atoms with Crippen LogP contribution in [0.25, 0.3) is 0 Å². The Morgan fingerprint density at radius 3 is 2.27 bits per heavy atom. The molecule has 3 aromatic carbocycles. The third-order valence-corrected chi connectivity index (χ3v) is 7.33. The Bertz CT molecular complexity index is 1190. The van der Waals surface area contributed by atoms with Crippen molar-refractivity contribution in [3.8, 4) is 0 Å². The Kier molecular flexibility index (Phi) is 10.5. The zero-order valence-electron chi connectivity index (χ0n) is 21.8. The van der Waals surface area contributed by atoms with E-state index in [1.165, 1.54) is 5.56 Å². The van der Waals surface area contributed by atoms with Crippen LogP contribution in [0.4, 0.5) is 0 Å². The summed E-state index contributed by atoms with van der Waals surface area (Å²) in [6.45, 7) is 8.06. The molecule has 0 aliphatic carbocycles. The first kappa shape index (κ1) is 29.1. The molecule has 0 saturated carbocycles. The van der Waals surface area contributed by atoms with Gasteiger partial charge in [-0.15, -0.1) is 11.8 Å². The van der Waals surface area contributed by atoms with E-state index in [4.69, 9.17) is 23.2 Å². The van der Waals surface area contributed by atoms with E-state index in [1.807, 2.05) is 64.1 Å². The summed E-state index contributed by atoms with van der Waals surface area (Å²) in [6, 6.07) is 22.5. The summed E-state index contributed by atoms with van der Waals surface area (Å²) in [6.07, 6.45) is 0.683. The third kappa shape index (κ3) is 9.41. The number of hydrogen-bond donors (Lipinski definition) is 1. The predicted octanol–water partition coefficient (Wildman–Crippen LogP) is 7.34. The van der Waals surface area contributed by atoms with Gasteiger partial charge in [0.2, 0.25) is 11.8 Å². The van der Waals surface area contributed by atoms with Crippen LogP contribution >= 0.6 is 35.0 Å². The highest BCUT2D eigenvalue weighted by atomic mass is 35.5. The lowest BCUT2D eigenvalue weighted by atomic mass is 10.0. The molecule has 0 aliphatic heterocycles. The molecule has 3 rings (SSSR count). The summed E-state index contributed by atoms with van der Waals surface area (Å²) in [5, 5.41) is 4.07. The smallest absolute Gasteiger partial charge is 0.243 e. The fraction of sp³-hybridized carbons (Fsp3) is 0.333. The van der Waals surface area contributed by atoms with Crippen molar-refractivity contribution in [3.63, 3.8) is 0 Å². The molecule has 0 radical (unpaired) electrons. The van der Waals surface area contributed by atoms with Gasteiger partial charge in [-0.05, 0) is 63.1 Å². The van der Waals surface area contributed by atoms with E-state index in [-0.39, 0.29) is 24.8 Å². The quantitative estimate of drug-likeness (QED) is 0.266. The maximum Gasteiger partial charge on any atom is 0.243 e. The van der Waals surface area contributed by atoms with Crippen LogP contribution in [0.1, 0.15) is 43.9 Å². The molecule has 0 aromatic heterocycles. The van der Waals surface area contributed by atoms with Crippen LogP contribution < -0.4 is 5.32 Å². The average molecular weight is 558 g/mol. The van der Waals surface area contributed by atoms with E-state index in [1.54, 1.807) is 28.8 Å². The number of thioether (sulfide) groups is 1. The molecule has 3 aromatic rings. The monoisotopic (exact) mass is 556 g/mol. The number of carbonyl (C=O) groups is 2. The second-order valence-electron chi connectivity index (χ2n) is 10.1. The van der Waals surface area contributed by atoms with Crippen molar-refractivity contribution in [1.82, 2.24) is 10.2 Å².